The van der Waals surface area contributed by atoms with E-state index in [-0.39, 0.29) is 17.7 Å². The van der Waals surface area contributed by atoms with E-state index in [2.05, 4.69) is 15.1 Å². The Morgan fingerprint density at radius 3 is 2.48 bits per heavy atom. The van der Waals surface area contributed by atoms with Crippen LogP contribution in [0, 0.1) is 0 Å². The van der Waals surface area contributed by atoms with Gasteiger partial charge < -0.3 is 4.52 Å². The van der Waals surface area contributed by atoms with Crippen LogP contribution in [0.3, 0.4) is 0 Å². The first-order chi connectivity index (χ1) is 13.2. The van der Waals surface area contributed by atoms with E-state index >= 15 is 0 Å². The third kappa shape index (κ3) is 3.12. The number of amides is 2. The molecule has 0 aliphatic carbocycles. The summed E-state index contributed by atoms with van der Waals surface area (Å²) in [5.74, 6) is 0.704. The second kappa shape index (κ2) is 7.32. The van der Waals surface area contributed by atoms with E-state index in [1.165, 1.54) is 4.90 Å². The van der Waals surface area contributed by atoms with Crippen molar-refractivity contribution in [3.8, 4) is 11.4 Å². The van der Waals surface area contributed by atoms with Gasteiger partial charge in [-0.25, -0.2) is 0 Å². The van der Waals surface area contributed by atoms with E-state index in [1.54, 1.807) is 54.5 Å². The average molecular weight is 380 g/mol. The first kappa shape index (κ1) is 17.4. The summed E-state index contributed by atoms with van der Waals surface area (Å²) in [4.78, 5) is 35.4. The largest absolute Gasteiger partial charge is 0.337 e. The Hall–Kier alpha value is -3.00. The molecule has 1 atom stereocenters. The molecule has 2 amide bonds. The standard InChI is InChI=1S/C19H16N4O3S/c1-27-10-8-15(17-21-16(22-26-17)12-5-4-9-20-11-12)23-18(24)13-6-2-3-7-14(13)19(23)25/h2-7,9,11,15H,8,10H2,1H3/t15-/m1/s1. The van der Waals surface area contributed by atoms with Crippen molar-refractivity contribution < 1.29 is 14.1 Å². The Morgan fingerprint density at radius 1 is 1.11 bits per heavy atom. The lowest BCUT2D eigenvalue weighted by molar-refractivity contribution is 0.0548. The molecular formula is C19H16N4O3S. The number of carbonyl (C=O) groups excluding carboxylic acids is 2. The molecule has 0 saturated heterocycles. The van der Waals surface area contributed by atoms with Gasteiger partial charge in [0.05, 0.1) is 11.1 Å². The Balaban J connectivity index is 1.70. The van der Waals surface area contributed by atoms with Crippen LogP contribution in [0.15, 0.2) is 53.3 Å². The highest BCUT2D eigenvalue weighted by Crippen LogP contribution is 2.34. The molecule has 0 saturated carbocycles. The van der Waals surface area contributed by atoms with Crippen molar-refractivity contribution in [2.45, 2.75) is 12.5 Å². The third-order valence-electron chi connectivity index (χ3n) is 4.38. The molecule has 0 fully saturated rings. The predicted molar refractivity (Wildman–Crippen MR) is 100 cm³/mol. The molecule has 1 aliphatic rings. The molecule has 0 spiro atoms. The molecule has 0 unspecified atom stereocenters. The average Bonchev–Trinajstić information content (AvgIpc) is 3.29. The molecule has 3 heterocycles. The molecule has 0 N–H and O–H groups in total. The van der Waals surface area contributed by atoms with Gasteiger partial charge in [0.1, 0.15) is 6.04 Å². The first-order valence-corrected chi connectivity index (χ1v) is 9.80. The zero-order valence-corrected chi connectivity index (χ0v) is 15.3. The summed E-state index contributed by atoms with van der Waals surface area (Å²) in [6.07, 6.45) is 5.79. The van der Waals surface area contributed by atoms with Crippen molar-refractivity contribution in [2.75, 3.05) is 12.0 Å². The molecule has 8 heteroatoms. The molecule has 3 aromatic rings. The third-order valence-corrected chi connectivity index (χ3v) is 5.02. The fraction of sp³-hybridized carbons (Fsp3) is 0.211. The molecule has 1 aromatic carbocycles. The molecule has 7 nitrogen and oxygen atoms in total. The Labute approximate surface area is 159 Å². The van der Waals surface area contributed by atoms with Crippen LogP contribution < -0.4 is 0 Å². The maximum absolute atomic E-state index is 12.9. The number of hydrogen-bond acceptors (Lipinski definition) is 7. The van der Waals surface area contributed by atoms with E-state index in [4.69, 9.17) is 4.52 Å². The minimum atomic E-state index is -0.609. The van der Waals surface area contributed by atoms with Crippen molar-refractivity contribution in [1.82, 2.24) is 20.0 Å². The van der Waals surface area contributed by atoms with Gasteiger partial charge in [0.2, 0.25) is 11.7 Å². The zero-order chi connectivity index (χ0) is 18.8. The van der Waals surface area contributed by atoms with E-state index in [1.807, 2.05) is 12.3 Å². The second-order valence-corrected chi connectivity index (χ2v) is 7.01. The highest BCUT2D eigenvalue weighted by Gasteiger charge is 2.42. The van der Waals surface area contributed by atoms with E-state index in [0.29, 0.717) is 28.9 Å². The van der Waals surface area contributed by atoms with E-state index < -0.39 is 6.04 Å². The monoisotopic (exact) mass is 380 g/mol. The molecule has 4 rings (SSSR count). The summed E-state index contributed by atoms with van der Waals surface area (Å²) >= 11 is 1.62. The summed E-state index contributed by atoms with van der Waals surface area (Å²) in [7, 11) is 0. The Bertz CT molecular complexity index is 954. The topological polar surface area (TPSA) is 89.2 Å². The van der Waals surface area contributed by atoms with Crippen LogP contribution in [0.4, 0.5) is 0 Å². The first-order valence-electron chi connectivity index (χ1n) is 8.40. The van der Waals surface area contributed by atoms with Crippen LogP contribution in [0.1, 0.15) is 39.1 Å². The Morgan fingerprint density at radius 2 is 1.85 bits per heavy atom. The van der Waals surface area contributed by atoms with Gasteiger partial charge in [-0.3, -0.25) is 19.5 Å². The minimum Gasteiger partial charge on any atom is -0.337 e. The number of carbonyl (C=O) groups is 2. The van der Waals surface area contributed by atoms with Crippen molar-refractivity contribution in [3.05, 3.63) is 65.8 Å². The minimum absolute atomic E-state index is 0.248. The quantitative estimate of drug-likeness (QED) is 0.607. The number of rotatable bonds is 6. The number of pyridine rings is 1. The molecule has 0 radical (unpaired) electrons. The van der Waals surface area contributed by atoms with Gasteiger partial charge >= 0.3 is 0 Å². The summed E-state index contributed by atoms with van der Waals surface area (Å²) in [6.45, 7) is 0. The van der Waals surface area contributed by atoms with Gasteiger partial charge in [0.25, 0.3) is 11.8 Å². The second-order valence-electron chi connectivity index (χ2n) is 6.02. The molecular weight excluding hydrogens is 364 g/mol. The molecule has 1 aliphatic heterocycles. The Kier molecular flexibility index (Phi) is 4.72. The molecule has 2 aromatic heterocycles. The SMILES string of the molecule is CSCC[C@H](c1nc(-c2cccnc2)no1)N1C(=O)c2ccccc2C1=O. The fourth-order valence-electron chi connectivity index (χ4n) is 3.07. The van der Waals surface area contributed by atoms with Gasteiger partial charge in [-0.05, 0) is 42.7 Å². The van der Waals surface area contributed by atoms with Crippen molar-refractivity contribution in [3.63, 3.8) is 0 Å². The van der Waals surface area contributed by atoms with Crippen LogP contribution in [-0.4, -0.2) is 43.8 Å². The molecule has 0 bridgehead atoms. The number of aromatic nitrogens is 3. The van der Waals surface area contributed by atoms with E-state index in [9.17, 15) is 9.59 Å². The van der Waals surface area contributed by atoms with Crippen molar-refractivity contribution in [2.24, 2.45) is 0 Å². The van der Waals surface area contributed by atoms with Gasteiger partial charge in [-0.15, -0.1) is 0 Å². The summed E-state index contributed by atoms with van der Waals surface area (Å²) < 4.78 is 5.44. The van der Waals surface area contributed by atoms with Crippen LogP contribution in [-0.2, 0) is 0 Å². The van der Waals surface area contributed by atoms with E-state index in [0.717, 1.165) is 5.75 Å². The lowest BCUT2D eigenvalue weighted by Gasteiger charge is -2.22. The highest BCUT2D eigenvalue weighted by atomic mass is 32.2. The normalized spacial score (nSPS) is 14.5. The number of imide groups is 1. The fourth-order valence-corrected chi connectivity index (χ4v) is 3.53. The maximum Gasteiger partial charge on any atom is 0.262 e. The van der Waals surface area contributed by atoms with Gasteiger partial charge in [-0.1, -0.05) is 17.3 Å². The maximum atomic E-state index is 12.9. The number of thioether (sulfide) groups is 1. The lowest BCUT2D eigenvalue weighted by atomic mass is 10.1. The zero-order valence-electron chi connectivity index (χ0n) is 14.5. The van der Waals surface area contributed by atoms with Crippen LogP contribution in [0.5, 0.6) is 0 Å². The lowest BCUT2D eigenvalue weighted by Crippen LogP contribution is -2.34. The number of hydrogen-bond donors (Lipinski definition) is 0. The van der Waals surface area contributed by atoms with Gasteiger partial charge in [0.15, 0.2) is 0 Å². The smallest absolute Gasteiger partial charge is 0.262 e. The van der Waals surface area contributed by atoms with Crippen molar-refractivity contribution in [1.29, 1.82) is 0 Å². The van der Waals surface area contributed by atoms with Crippen molar-refractivity contribution >= 4 is 23.6 Å². The van der Waals surface area contributed by atoms with Crippen LogP contribution in [0.25, 0.3) is 11.4 Å². The summed E-state index contributed by atoms with van der Waals surface area (Å²) in [5, 5.41) is 4.00. The number of benzene rings is 1. The van der Waals surface area contributed by atoms with Gasteiger partial charge in [-0.2, -0.15) is 16.7 Å². The molecule has 27 heavy (non-hydrogen) atoms. The number of fused-ring (bicyclic) bond motifs is 1. The van der Waals surface area contributed by atoms with Crippen LogP contribution in [0.2, 0.25) is 0 Å². The summed E-state index contributed by atoms with van der Waals surface area (Å²) in [6, 6.07) is 9.81. The number of nitrogens with zero attached hydrogens (tertiary/aromatic N) is 4. The predicted octanol–water partition coefficient (Wildman–Crippen LogP) is 3.22. The summed E-state index contributed by atoms with van der Waals surface area (Å²) in [5.41, 5.74) is 1.52. The van der Waals surface area contributed by atoms with Crippen LogP contribution >= 0.6 is 11.8 Å². The molecule has 136 valence electrons. The van der Waals surface area contributed by atoms with Gasteiger partial charge in [0, 0.05) is 18.0 Å². The highest BCUT2D eigenvalue weighted by molar-refractivity contribution is 7.98.